The van der Waals surface area contributed by atoms with Gasteiger partial charge in [0.2, 0.25) is 5.88 Å². The van der Waals surface area contributed by atoms with Crippen LogP contribution in [0, 0.1) is 6.92 Å². The lowest BCUT2D eigenvalue weighted by Crippen LogP contribution is -2.10. The van der Waals surface area contributed by atoms with Crippen LogP contribution < -0.4 is 5.59 Å². The molecule has 2 rings (SSSR count). The maximum atomic E-state index is 11.2. The average molecular weight is 233 g/mol. The molecule has 0 aliphatic rings. The fraction of sp³-hybridized carbons (Fsp3) is 0.300. The van der Waals surface area contributed by atoms with Gasteiger partial charge in [0.15, 0.2) is 13.5 Å². The minimum atomic E-state index is -0.423. The maximum Gasteiger partial charge on any atom is 0.310 e. The molecule has 0 saturated carbocycles. The van der Waals surface area contributed by atoms with Crippen molar-refractivity contribution < 1.29 is 14.6 Å². The number of rotatable bonds is 2. The third-order valence-corrected chi connectivity index (χ3v) is 2.55. The van der Waals surface area contributed by atoms with E-state index in [2.05, 4.69) is 14.8 Å². The molecule has 0 bridgehead atoms. The molecule has 0 spiro atoms. The molecule has 0 aliphatic heterocycles. The molecular weight excluding hydrogens is 221 g/mol. The van der Waals surface area contributed by atoms with Gasteiger partial charge in [-0.15, -0.1) is 0 Å². The van der Waals surface area contributed by atoms with Crippen molar-refractivity contribution in [2.75, 3.05) is 7.11 Å². The lowest BCUT2D eigenvalue weighted by Gasteiger charge is -2.08. The van der Waals surface area contributed by atoms with E-state index in [1.165, 1.54) is 11.6 Å². The molecule has 0 fully saturated rings. The van der Waals surface area contributed by atoms with Gasteiger partial charge in [0.05, 0.1) is 13.5 Å². The summed E-state index contributed by atoms with van der Waals surface area (Å²) in [7, 11) is 3.11. The number of hydrogen-bond acceptors (Lipinski definition) is 5. The van der Waals surface area contributed by atoms with Crippen molar-refractivity contribution in [1.82, 2.24) is 14.6 Å². The summed E-state index contributed by atoms with van der Waals surface area (Å²) in [6.45, 7) is 1.74. The monoisotopic (exact) mass is 233 g/mol. The largest absolute Gasteiger partial charge is 0.493 e. The summed E-state index contributed by atoms with van der Waals surface area (Å²) in [6, 6.07) is 1.76. The summed E-state index contributed by atoms with van der Waals surface area (Å²) in [5.74, 6) is -0.487. The van der Waals surface area contributed by atoms with Gasteiger partial charge in [-0.3, -0.25) is 4.79 Å². The molecule has 6 nitrogen and oxygen atoms in total. The second kappa shape index (κ2) is 4.08. The quantitative estimate of drug-likeness (QED) is 0.516. The van der Waals surface area contributed by atoms with Gasteiger partial charge >= 0.3 is 5.97 Å². The normalized spacial score (nSPS) is 10.7. The zero-order valence-electron chi connectivity index (χ0n) is 9.89. The molecular formula is C10H12BN3O3. The number of methoxy groups -OCH3 is 1. The van der Waals surface area contributed by atoms with Crippen LogP contribution in [0.5, 0.6) is 5.88 Å². The molecule has 7 heteroatoms. The summed E-state index contributed by atoms with van der Waals surface area (Å²) in [5.41, 5.74) is 2.35. The lowest BCUT2D eigenvalue weighted by atomic mass is 10.1. The number of aromatic hydroxyl groups is 1. The number of hydrogen-bond donors (Lipinski definition) is 1. The minimum Gasteiger partial charge on any atom is -0.493 e. The highest BCUT2D eigenvalue weighted by atomic mass is 16.5. The highest BCUT2D eigenvalue weighted by Gasteiger charge is 2.16. The number of carbonyl (C=O) groups excluding carboxylic acids is 1. The van der Waals surface area contributed by atoms with E-state index in [0.29, 0.717) is 16.9 Å². The van der Waals surface area contributed by atoms with Crippen LogP contribution in [0.3, 0.4) is 0 Å². The molecule has 2 heterocycles. The van der Waals surface area contributed by atoms with Gasteiger partial charge in [-0.1, -0.05) is 0 Å². The van der Waals surface area contributed by atoms with Crippen molar-refractivity contribution in [1.29, 1.82) is 0 Å². The van der Waals surface area contributed by atoms with E-state index in [1.54, 1.807) is 13.0 Å². The first-order valence-electron chi connectivity index (χ1n) is 5.14. The lowest BCUT2D eigenvalue weighted by molar-refractivity contribution is -0.139. The van der Waals surface area contributed by atoms with Crippen molar-refractivity contribution >= 4 is 25.1 Å². The zero-order chi connectivity index (χ0) is 12.6. The topological polar surface area (TPSA) is 76.7 Å². The fourth-order valence-corrected chi connectivity index (χ4v) is 1.67. The van der Waals surface area contributed by atoms with E-state index in [9.17, 15) is 9.90 Å². The summed E-state index contributed by atoms with van der Waals surface area (Å²) in [5, 5.41) is 14.1. The van der Waals surface area contributed by atoms with E-state index >= 15 is 0 Å². The molecule has 88 valence electrons. The van der Waals surface area contributed by atoms with Crippen LogP contribution in [-0.2, 0) is 16.0 Å². The second-order valence-corrected chi connectivity index (χ2v) is 3.81. The summed E-state index contributed by atoms with van der Waals surface area (Å²) in [4.78, 5) is 15.5. The van der Waals surface area contributed by atoms with E-state index in [-0.39, 0.29) is 12.3 Å². The van der Waals surface area contributed by atoms with Crippen LogP contribution in [-0.4, -0.2) is 40.6 Å². The van der Waals surface area contributed by atoms with Gasteiger partial charge in [-0.2, -0.15) is 9.61 Å². The van der Waals surface area contributed by atoms with Crippen LogP contribution >= 0.6 is 0 Å². The van der Waals surface area contributed by atoms with Crippen LogP contribution in [0.2, 0.25) is 0 Å². The van der Waals surface area contributed by atoms with Crippen molar-refractivity contribution in [3.8, 4) is 5.88 Å². The highest BCUT2D eigenvalue weighted by Crippen LogP contribution is 2.21. The molecule has 17 heavy (non-hydrogen) atoms. The predicted octanol–water partition coefficient (Wildman–Crippen LogP) is -1.28. The molecule has 1 N–H and O–H groups in total. The third kappa shape index (κ3) is 1.95. The number of nitrogens with zero attached hydrogens (tertiary/aromatic N) is 3. The Morgan fingerprint density at radius 2 is 2.35 bits per heavy atom. The predicted molar refractivity (Wildman–Crippen MR) is 63.3 cm³/mol. The number of carbonyl (C=O) groups is 1. The first kappa shape index (κ1) is 11.4. The van der Waals surface area contributed by atoms with Gasteiger partial charge in [0, 0.05) is 16.9 Å². The molecule has 0 radical (unpaired) electrons. The van der Waals surface area contributed by atoms with E-state index in [0.717, 1.165) is 5.59 Å². The van der Waals surface area contributed by atoms with E-state index < -0.39 is 5.97 Å². The van der Waals surface area contributed by atoms with Crippen LogP contribution in [0.4, 0.5) is 0 Å². The first-order valence-corrected chi connectivity index (χ1v) is 5.14. The summed E-state index contributed by atoms with van der Waals surface area (Å²) in [6.07, 6.45) is -0.0178. The average Bonchev–Trinajstić information content (AvgIpc) is 2.64. The molecule has 0 aromatic carbocycles. The van der Waals surface area contributed by atoms with Crippen LogP contribution in [0.1, 0.15) is 11.3 Å². The third-order valence-electron chi connectivity index (χ3n) is 2.55. The number of aromatic nitrogens is 3. The summed E-state index contributed by atoms with van der Waals surface area (Å²) < 4.78 is 5.89. The minimum absolute atomic E-state index is 0.0178. The molecule has 0 amide bonds. The van der Waals surface area contributed by atoms with Gasteiger partial charge in [-0.25, -0.2) is 4.98 Å². The Hall–Kier alpha value is -2.05. The highest BCUT2D eigenvalue weighted by molar-refractivity contribution is 6.31. The molecule has 0 unspecified atom stereocenters. The van der Waals surface area contributed by atoms with Gasteiger partial charge < -0.3 is 9.84 Å². The maximum absolute atomic E-state index is 11.2. The van der Waals surface area contributed by atoms with Crippen LogP contribution in [0.15, 0.2) is 6.07 Å². The van der Waals surface area contributed by atoms with E-state index in [4.69, 9.17) is 0 Å². The molecule has 0 aliphatic carbocycles. The Balaban J connectivity index is 2.58. The number of esters is 1. The molecule has 2 aromatic heterocycles. The first-order chi connectivity index (χ1) is 8.02. The van der Waals surface area contributed by atoms with Crippen LogP contribution in [0.25, 0.3) is 5.65 Å². The van der Waals surface area contributed by atoms with Gasteiger partial charge in [-0.05, 0) is 13.0 Å². The Morgan fingerprint density at radius 3 is 3.00 bits per heavy atom. The van der Waals surface area contributed by atoms with Crippen molar-refractivity contribution in [3.05, 3.63) is 17.3 Å². The zero-order valence-corrected chi connectivity index (χ0v) is 9.89. The number of aryl methyl sites for hydroxylation is 1. The second-order valence-electron chi connectivity index (χ2n) is 3.81. The number of fused-ring (bicyclic) bond motifs is 1. The molecule has 0 saturated heterocycles. The standard InChI is InChI=1S/C10H12BN3O3/c1-5-6(3-9(15)17-2)10(16)14-8(12-5)4-7(11)13-14/h4,16H,3,11H2,1-2H3. The molecule has 2 aromatic rings. The number of ether oxygens (including phenoxy) is 1. The Kier molecular flexibility index (Phi) is 2.75. The van der Waals surface area contributed by atoms with Crippen molar-refractivity contribution in [3.63, 3.8) is 0 Å². The van der Waals surface area contributed by atoms with Crippen molar-refractivity contribution in [2.45, 2.75) is 13.3 Å². The van der Waals surface area contributed by atoms with Gasteiger partial charge in [0.1, 0.15) is 0 Å². The summed E-state index contributed by atoms with van der Waals surface area (Å²) >= 11 is 0. The molecule has 0 atom stereocenters. The fourth-order valence-electron chi connectivity index (χ4n) is 1.67. The van der Waals surface area contributed by atoms with Gasteiger partial charge in [0.25, 0.3) is 0 Å². The Labute approximate surface area is 98.6 Å². The Bertz CT molecular complexity index is 594. The smallest absolute Gasteiger partial charge is 0.310 e. The van der Waals surface area contributed by atoms with E-state index in [1.807, 2.05) is 7.85 Å². The van der Waals surface area contributed by atoms with Crippen molar-refractivity contribution in [2.24, 2.45) is 0 Å². The Morgan fingerprint density at radius 1 is 1.65 bits per heavy atom. The SMILES string of the molecule is Bc1cc2nc(C)c(CC(=O)OC)c(O)n2n1.